The second kappa shape index (κ2) is 8.52. The average Bonchev–Trinajstić information content (AvgIpc) is 3.03. The summed E-state index contributed by atoms with van der Waals surface area (Å²) in [5.41, 5.74) is 4.25. The molecule has 26 heavy (non-hydrogen) atoms. The van der Waals surface area contributed by atoms with Crippen LogP contribution < -0.4 is 0 Å². The minimum Gasteiger partial charge on any atom is -0.591 e. The number of carbonyl (C=O) groups is 1. The SMILES string of the molecule is CC(C)C[S@+]([O-])/N=C1\CCc2c(C(=O)OCc3ccccc3)cccc21. The molecule has 0 radical (unpaired) electrons. The molecule has 0 fully saturated rings. The topological polar surface area (TPSA) is 61.7 Å². The van der Waals surface area contributed by atoms with Gasteiger partial charge in [-0.2, -0.15) is 0 Å². The van der Waals surface area contributed by atoms with Crippen LogP contribution in [0.4, 0.5) is 0 Å². The molecule has 0 unspecified atom stereocenters. The molecule has 3 rings (SSSR count). The summed E-state index contributed by atoms with van der Waals surface area (Å²) in [5, 5.41) is 0. The number of nitrogens with zero attached hydrogens (tertiary/aromatic N) is 1. The third-order valence-electron chi connectivity index (χ3n) is 4.22. The lowest BCUT2D eigenvalue weighted by Gasteiger charge is -2.09. The van der Waals surface area contributed by atoms with Crippen LogP contribution in [-0.2, 0) is 29.1 Å². The van der Waals surface area contributed by atoms with Crippen molar-refractivity contribution in [3.8, 4) is 0 Å². The van der Waals surface area contributed by atoms with Crippen molar-refractivity contribution in [1.29, 1.82) is 0 Å². The highest BCUT2D eigenvalue weighted by molar-refractivity contribution is 7.90. The molecule has 0 saturated heterocycles. The van der Waals surface area contributed by atoms with E-state index >= 15 is 0 Å². The van der Waals surface area contributed by atoms with Gasteiger partial charge in [0, 0.05) is 11.5 Å². The molecule has 1 aliphatic carbocycles. The number of hydrogen-bond acceptors (Lipinski definition) is 4. The Kier molecular flexibility index (Phi) is 6.12. The van der Waals surface area contributed by atoms with E-state index in [0.29, 0.717) is 23.7 Å². The Balaban J connectivity index is 1.75. The first-order valence-corrected chi connectivity index (χ1v) is 10.1. The summed E-state index contributed by atoms with van der Waals surface area (Å²) in [6.07, 6.45) is 1.44. The number of ether oxygens (including phenoxy) is 1. The molecule has 1 aliphatic rings. The zero-order valence-electron chi connectivity index (χ0n) is 15.1. The predicted octanol–water partition coefficient (Wildman–Crippen LogP) is 4.10. The van der Waals surface area contributed by atoms with Crippen molar-refractivity contribution in [3.63, 3.8) is 0 Å². The highest BCUT2D eigenvalue weighted by Gasteiger charge is 2.26. The fourth-order valence-corrected chi connectivity index (χ4v) is 4.12. The largest absolute Gasteiger partial charge is 0.591 e. The van der Waals surface area contributed by atoms with Crippen molar-refractivity contribution in [2.24, 2.45) is 10.3 Å². The molecule has 0 amide bonds. The van der Waals surface area contributed by atoms with Gasteiger partial charge in [-0.25, -0.2) is 4.79 Å². The first-order valence-electron chi connectivity index (χ1n) is 8.84. The van der Waals surface area contributed by atoms with Crippen LogP contribution in [0.1, 0.15) is 47.3 Å². The van der Waals surface area contributed by atoms with Crippen molar-refractivity contribution in [3.05, 3.63) is 70.8 Å². The van der Waals surface area contributed by atoms with Gasteiger partial charge in [0.15, 0.2) is 0 Å². The number of hydrogen-bond donors (Lipinski definition) is 0. The fourth-order valence-electron chi connectivity index (χ4n) is 3.04. The van der Waals surface area contributed by atoms with Crippen LogP contribution in [0, 0.1) is 5.92 Å². The predicted molar refractivity (Wildman–Crippen MR) is 105 cm³/mol. The van der Waals surface area contributed by atoms with Crippen molar-refractivity contribution in [2.45, 2.75) is 33.3 Å². The normalized spacial score (nSPS) is 15.9. The third-order valence-corrected chi connectivity index (χ3v) is 5.60. The Morgan fingerprint density at radius 1 is 1.15 bits per heavy atom. The fraction of sp³-hybridized carbons (Fsp3) is 0.333. The Morgan fingerprint density at radius 3 is 2.65 bits per heavy atom. The highest BCUT2D eigenvalue weighted by Crippen LogP contribution is 2.27. The number of benzene rings is 2. The summed E-state index contributed by atoms with van der Waals surface area (Å²) in [7, 11) is 0. The van der Waals surface area contributed by atoms with E-state index in [4.69, 9.17) is 4.74 Å². The number of fused-ring (bicyclic) bond motifs is 1. The maximum absolute atomic E-state index is 12.5. The van der Waals surface area contributed by atoms with Crippen molar-refractivity contribution < 1.29 is 14.1 Å². The summed E-state index contributed by atoms with van der Waals surface area (Å²) < 4.78 is 22.0. The van der Waals surface area contributed by atoms with Gasteiger partial charge in [0.05, 0.1) is 22.6 Å². The summed E-state index contributed by atoms with van der Waals surface area (Å²) in [6, 6.07) is 15.2. The molecular formula is C21H23NO3S. The molecule has 0 aromatic heterocycles. The smallest absolute Gasteiger partial charge is 0.338 e. The van der Waals surface area contributed by atoms with Gasteiger partial charge in [0.2, 0.25) is 0 Å². The Labute approximate surface area is 157 Å². The minimum atomic E-state index is -1.22. The average molecular weight is 369 g/mol. The van der Waals surface area contributed by atoms with Gasteiger partial charge in [-0.1, -0.05) is 60.7 Å². The second-order valence-electron chi connectivity index (χ2n) is 6.81. The maximum Gasteiger partial charge on any atom is 0.338 e. The maximum atomic E-state index is 12.5. The molecule has 0 spiro atoms. The van der Waals surface area contributed by atoms with Crippen molar-refractivity contribution in [1.82, 2.24) is 0 Å². The standard InChI is InChI=1S/C21H23NO3S/c1-15(2)14-26(24)22-20-12-11-17-18(20)9-6-10-19(17)21(23)25-13-16-7-4-3-5-8-16/h3-10,15H,11-14H2,1-2H3/b22-20+/t26-/m0/s1. The second-order valence-corrected chi connectivity index (χ2v) is 7.97. The van der Waals surface area contributed by atoms with Gasteiger partial charge in [0.1, 0.15) is 12.4 Å². The van der Waals surface area contributed by atoms with Crippen LogP contribution in [0.3, 0.4) is 0 Å². The van der Waals surface area contributed by atoms with Gasteiger partial charge in [-0.05, 0) is 30.0 Å². The Bertz CT molecular complexity index is 802. The van der Waals surface area contributed by atoms with E-state index < -0.39 is 11.4 Å². The Morgan fingerprint density at radius 2 is 1.92 bits per heavy atom. The van der Waals surface area contributed by atoms with Crippen molar-refractivity contribution >= 4 is 23.0 Å². The molecule has 0 bridgehead atoms. The van der Waals surface area contributed by atoms with E-state index in [-0.39, 0.29) is 12.6 Å². The number of rotatable bonds is 6. The van der Waals surface area contributed by atoms with Crippen LogP contribution in [0.25, 0.3) is 0 Å². The molecular weight excluding hydrogens is 346 g/mol. The van der Waals surface area contributed by atoms with Gasteiger partial charge < -0.3 is 9.29 Å². The summed E-state index contributed by atoms with van der Waals surface area (Å²) >= 11 is -1.22. The molecule has 0 aliphatic heterocycles. The monoisotopic (exact) mass is 369 g/mol. The lowest BCUT2D eigenvalue weighted by Crippen LogP contribution is -2.12. The summed E-state index contributed by atoms with van der Waals surface area (Å²) in [6.45, 7) is 4.31. The van der Waals surface area contributed by atoms with Crippen LogP contribution in [0.2, 0.25) is 0 Å². The van der Waals surface area contributed by atoms with E-state index in [9.17, 15) is 9.35 Å². The van der Waals surface area contributed by atoms with E-state index in [1.165, 1.54) is 0 Å². The molecule has 2 aromatic rings. The highest BCUT2D eigenvalue weighted by atomic mass is 32.2. The molecule has 136 valence electrons. The molecule has 1 atom stereocenters. The lowest BCUT2D eigenvalue weighted by atomic mass is 10.0. The molecule has 5 heteroatoms. The lowest BCUT2D eigenvalue weighted by molar-refractivity contribution is 0.0471. The molecule has 0 N–H and O–H groups in total. The van der Waals surface area contributed by atoms with Gasteiger partial charge >= 0.3 is 5.97 Å². The zero-order valence-corrected chi connectivity index (χ0v) is 15.9. The van der Waals surface area contributed by atoms with Crippen LogP contribution in [-0.4, -0.2) is 22.0 Å². The van der Waals surface area contributed by atoms with E-state index in [2.05, 4.69) is 4.40 Å². The van der Waals surface area contributed by atoms with E-state index in [0.717, 1.165) is 28.8 Å². The molecule has 0 saturated carbocycles. The van der Waals surface area contributed by atoms with Gasteiger partial charge in [-0.15, -0.1) is 0 Å². The zero-order chi connectivity index (χ0) is 18.5. The van der Waals surface area contributed by atoms with E-state index in [1.807, 2.05) is 56.3 Å². The Hall–Kier alpha value is -2.11. The minimum absolute atomic E-state index is 0.253. The van der Waals surface area contributed by atoms with Crippen molar-refractivity contribution in [2.75, 3.05) is 5.75 Å². The summed E-state index contributed by atoms with van der Waals surface area (Å²) in [4.78, 5) is 12.5. The van der Waals surface area contributed by atoms with Crippen LogP contribution >= 0.6 is 0 Å². The van der Waals surface area contributed by atoms with Gasteiger partial charge in [0.25, 0.3) is 0 Å². The number of esters is 1. The van der Waals surface area contributed by atoms with Gasteiger partial charge in [-0.3, -0.25) is 0 Å². The van der Waals surface area contributed by atoms with Crippen LogP contribution in [0.15, 0.2) is 52.9 Å². The summed E-state index contributed by atoms with van der Waals surface area (Å²) in [5.74, 6) is 0.563. The third kappa shape index (κ3) is 4.54. The molecule has 2 aromatic carbocycles. The first kappa shape index (κ1) is 18.7. The first-order chi connectivity index (χ1) is 12.5. The van der Waals surface area contributed by atoms with Crippen LogP contribution in [0.5, 0.6) is 0 Å². The molecule has 0 heterocycles. The quantitative estimate of drug-likeness (QED) is 0.569. The van der Waals surface area contributed by atoms with E-state index in [1.54, 1.807) is 6.07 Å². The molecule has 4 nitrogen and oxygen atoms in total. The number of carbonyl (C=O) groups excluding carboxylic acids is 1.